The number of thiophene rings is 1. The van der Waals surface area contributed by atoms with E-state index in [0.29, 0.717) is 11.8 Å². The lowest BCUT2D eigenvalue weighted by molar-refractivity contribution is 0.439. The zero-order valence-corrected chi connectivity index (χ0v) is 13.3. The molecule has 0 saturated heterocycles. The molecule has 1 N–H and O–H groups in total. The van der Waals surface area contributed by atoms with Gasteiger partial charge in [0.25, 0.3) is 0 Å². The van der Waals surface area contributed by atoms with E-state index in [1.807, 2.05) is 23.6 Å². The summed E-state index contributed by atoms with van der Waals surface area (Å²) in [6.07, 6.45) is 0. The van der Waals surface area contributed by atoms with Gasteiger partial charge in [-0.2, -0.15) is 15.9 Å². The summed E-state index contributed by atoms with van der Waals surface area (Å²) in [6, 6.07) is 5.93. The van der Waals surface area contributed by atoms with E-state index in [9.17, 15) is 0 Å². The zero-order valence-electron chi connectivity index (χ0n) is 12.4. The van der Waals surface area contributed by atoms with E-state index in [4.69, 9.17) is 0 Å². The Labute approximate surface area is 128 Å². The molecular formula is C15H19N5S. The summed E-state index contributed by atoms with van der Waals surface area (Å²) in [5.41, 5.74) is 1.81. The highest BCUT2D eigenvalue weighted by atomic mass is 32.1. The fraction of sp³-hybridized carbons (Fsp3) is 0.400. The fourth-order valence-electron chi connectivity index (χ4n) is 1.96. The molecule has 0 spiro atoms. The number of anilines is 1. The van der Waals surface area contributed by atoms with Crippen LogP contribution in [0.2, 0.25) is 0 Å². The quantitative estimate of drug-likeness (QED) is 0.783. The molecule has 0 aliphatic carbocycles. The van der Waals surface area contributed by atoms with Crippen LogP contribution in [0.5, 0.6) is 0 Å². The third kappa shape index (κ3) is 2.90. The SMILES string of the molecule is CC(C)C(C)CNc1ccc2nnc(-c3ccsc3)n2n1. The summed E-state index contributed by atoms with van der Waals surface area (Å²) in [6.45, 7) is 7.62. The third-order valence-electron chi connectivity index (χ3n) is 3.79. The lowest BCUT2D eigenvalue weighted by Crippen LogP contribution is -2.17. The highest BCUT2D eigenvalue weighted by molar-refractivity contribution is 7.08. The molecule has 0 saturated carbocycles. The van der Waals surface area contributed by atoms with E-state index in [2.05, 4.69) is 46.8 Å². The van der Waals surface area contributed by atoms with Gasteiger partial charge < -0.3 is 5.32 Å². The lowest BCUT2D eigenvalue weighted by Gasteiger charge is -2.16. The lowest BCUT2D eigenvalue weighted by atomic mass is 9.98. The van der Waals surface area contributed by atoms with Gasteiger partial charge in [-0.15, -0.1) is 15.3 Å². The van der Waals surface area contributed by atoms with Crippen LogP contribution in [-0.4, -0.2) is 26.4 Å². The van der Waals surface area contributed by atoms with Crippen LogP contribution in [0.1, 0.15) is 20.8 Å². The van der Waals surface area contributed by atoms with Crippen LogP contribution in [0.25, 0.3) is 17.0 Å². The topological polar surface area (TPSA) is 55.1 Å². The van der Waals surface area contributed by atoms with Crippen LogP contribution in [0.3, 0.4) is 0 Å². The average molecular weight is 301 g/mol. The molecule has 0 fully saturated rings. The minimum absolute atomic E-state index is 0.597. The molecule has 3 heterocycles. The summed E-state index contributed by atoms with van der Waals surface area (Å²) in [7, 11) is 0. The Morgan fingerprint density at radius 1 is 1.19 bits per heavy atom. The maximum absolute atomic E-state index is 4.61. The highest BCUT2D eigenvalue weighted by Crippen LogP contribution is 2.21. The summed E-state index contributed by atoms with van der Waals surface area (Å²) < 4.78 is 1.80. The molecule has 110 valence electrons. The Balaban J connectivity index is 1.87. The molecule has 1 atom stereocenters. The molecule has 6 heteroatoms. The van der Waals surface area contributed by atoms with Crippen molar-refractivity contribution in [1.29, 1.82) is 0 Å². The zero-order chi connectivity index (χ0) is 14.8. The molecule has 3 rings (SSSR count). The minimum atomic E-state index is 0.597. The van der Waals surface area contributed by atoms with Crippen molar-refractivity contribution >= 4 is 22.8 Å². The van der Waals surface area contributed by atoms with Crippen molar-refractivity contribution in [3.05, 3.63) is 29.0 Å². The van der Waals surface area contributed by atoms with Crippen LogP contribution in [0.15, 0.2) is 29.0 Å². The van der Waals surface area contributed by atoms with Crippen molar-refractivity contribution in [2.45, 2.75) is 20.8 Å². The second-order valence-electron chi connectivity index (χ2n) is 5.63. The Kier molecular flexibility index (Phi) is 3.88. The van der Waals surface area contributed by atoms with Crippen LogP contribution >= 0.6 is 11.3 Å². The third-order valence-corrected chi connectivity index (χ3v) is 4.47. The normalized spacial score (nSPS) is 13.0. The van der Waals surface area contributed by atoms with Gasteiger partial charge in [-0.1, -0.05) is 20.8 Å². The molecular weight excluding hydrogens is 282 g/mol. The minimum Gasteiger partial charge on any atom is -0.368 e. The Bertz CT molecular complexity index is 717. The van der Waals surface area contributed by atoms with Gasteiger partial charge in [0.15, 0.2) is 11.5 Å². The Morgan fingerprint density at radius 3 is 2.76 bits per heavy atom. The first kappa shape index (κ1) is 14.0. The first-order valence-electron chi connectivity index (χ1n) is 7.14. The number of nitrogens with one attached hydrogen (secondary N) is 1. The van der Waals surface area contributed by atoms with Crippen LogP contribution < -0.4 is 5.32 Å². The molecule has 0 aliphatic rings. The van der Waals surface area contributed by atoms with E-state index >= 15 is 0 Å². The van der Waals surface area contributed by atoms with Gasteiger partial charge >= 0.3 is 0 Å². The van der Waals surface area contributed by atoms with Crippen molar-refractivity contribution in [3.63, 3.8) is 0 Å². The van der Waals surface area contributed by atoms with Crippen molar-refractivity contribution in [1.82, 2.24) is 19.8 Å². The van der Waals surface area contributed by atoms with Gasteiger partial charge in [0.1, 0.15) is 5.82 Å². The van der Waals surface area contributed by atoms with Gasteiger partial charge in [-0.25, -0.2) is 0 Å². The molecule has 0 radical (unpaired) electrons. The van der Waals surface area contributed by atoms with Gasteiger partial charge in [0, 0.05) is 17.5 Å². The van der Waals surface area contributed by atoms with E-state index in [-0.39, 0.29) is 0 Å². The van der Waals surface area contributed by atoms with Crippen molar-refractivity contribution in [3.8, 4) is 11.4 Å². The largest absolute Gasteiger partial charge is 0.368 e. The van der Waals surface area contributed by atoms with E-state index in [0.717, 1.165) is 29.4 Å². The first-order valence-corrected chi connectivity index (χ1v) is 8.08. The van der Waals surface area contributed by atoms with Gasteiger partial charge in [0.2, 0.25) is 0 Å². The molecule has 0 bridgehead atoms. The number of aromatic nitrogens is 4. The predicted octanol–water partition coefficient (Wildman–Crippen LogP) is 3.56. The monoisotopic (exact) mass is 301 g/mol. The van der Waals surface area contributed by atoms with Crippen molar-refractivity contribution in [2.24, 2.45) is 11.8 Å². The molecule has 3 aromatic heterocycles. The van der Waals surface area contributed by atoms with Gasteiger partial charge in [-0.05, 0) is 35.4 Å². The van der Waals surface area contributed by atoms with Gasteiger partial charge in [-0.3, -0.25) is 0 Å². The second kappa shape index (κ2) is 5.81. The van der Waals surface area contributed by atoms with E-state index in [1.54, 1.807) is 15.9 Å². The molecule has 3 aromatic rings. The summed E-state index contributed by atoms with van der Waals surface area (Å²) in [4.78, 5) is 0. The number of fused-ring (bicyclic) bond motifs is 1. The Hall–Kier alpha value is -1.95. The fourth-order valence-corrected chi connectivity index (χ4v) is 2.59. The Morgan fingerprint density at radius 2 is 2.05 bits per heavy atom. The molecule has 0 aliphatic heterocycles. The summed E-state index contributed by atoms with van der Waals surface area (Å²) >= 11 is 1.64. The molecule has 1 unspecified atom stereocenters. The van der Waals surface area contributed by atoms with E-state index in [1.165, 1.54) is 0 Å². The average Bonchev–Trinajstić information content (AvgIpc) is 3.12. The molecule has 5 nitrogen and oxygen atoms in total. The van der Waals surface area contributed by atoms with Crippen molar-refractivity contribution < 1.29 is 0 Å². The van der Waals surface area contributed by atoms with Crippen LogP contribution in [0.4, 0.5) is 5.82 Å². The number of nitrogens with zero attached hydrogens (tertiary/aromatic N) is 4. The van der Waals surface area contributed by atoms with Crippen LogP contribution in [-0.2, 0) is 0 Å². The standard InChI is InChI=1S/C15H19N5S/c1-10(2)11(3)8-16-13-4-5-14-17-18-15(20(14)19-13)12-6-7-21-9-12/h4-7,9-11H,8H2,1-3H3,(H,16,19). The van der Waals surface area contributed by atoms with Crippen molar-refractivity contribution in [2.75, 3.05) is 11.9 Å². The predicted molar refractivity (Wildman–Crippen MR) is 86.6 cm³/mol. The number of hydrogen-bond donors (Lipinski definition) is 1. The number of hydrogen-bond acceptors (Lipinski definition) is 5. The van der Waals surface area contributed by atoms with Gasteiger partial charge in [0.05, 0.1) is 0 Å². The molecule has 0 aromatic carbocycles. The van der Waals surface area contributed by atoms with Crippen LogP contribution in [0, 0.1) is 11.8 Å². The summed E-state index contributed by atoms with van der Waals surface area (Å²) in [5, 5.41) is 20.5. The highest BCUT2D eigenvalue weighted by Gasteiger charge is 2.11. The molecule has 0 amide bonds. The second-order valence-corrected chi connectivity index (χ2v) is 6.41. The summed E-state index contributed by atoms with van der Waals surface area (Å²) in [5.74, 6) is 2.88. The smallest absolute Gasteiger partial charge is 0.186 e. The first-order chi connectivity index (χ1) is 10.1. The maximum Gasteiger partial charge on any atom is 0.186 e. The number of rotatable bonds is 5. The van der Waals surface area contributed by atoms with E-state index < -0.39 is 0 Å². The maximum atomic E-state index is 4.61. The molecule has 21 heavy (non-hydrogen) atoms.